The van der Waals surface area contributed by atoms with Gasteiger partial charge in [0.15, 0.2) is 5.11 Å². The number of hydrogen-bond acceptors (Lipinski definition) is 4. The second kappa shape index (κ2) is 9.48. The molecule has 1 aromatic heterocycles. The lowest BCUT2D eigenvalue weighted by molar-refractivity contribution is 0.0981. The summed E-state index contributed by atoms with van der Waals surface area (Å²) in [7, 11) is 0. The minimum atomic E-state index is -0.204. The van der Waals surface area contributed by atoms with Crippen molar-refractivity contribution in [2.45, 2.75) is 26.2 Å². The smallest absolute Gasteiger partial charge is 0.267 e. The van der Waals surface area contributed by atoms with Gasteiger partial charge in [-0.3, -0.25) is 10.1 Å². The highest BCUT2D eigenvalue weighted by Crippen LogP contribution is 2.25. The van der Waals surface area contributed by atoms with Crippen LogP contribution in [0.2, 0.25) is 0 Å². The average Bonchev–Trinajstić information content (AvgIpc) is 3.11. The van der Waals surface area contributed by atoms with Crippen LogP contribution in [0.1, 0.15) is 35.9 Å². The molecule has 0 bridgehead atoms. The van der Waals surface area contributed by atoms with Gasteiger partial charge in [0.25, 0.3) is 5.91 Å². The molecule has 0 spiro atoms. The van der Waals surface area contributed by atoms with Crippen LogP contribution in [-0.4, -0.2) is 17.6 Å². The van der Waals surface area contributed by atoms with Gasteiger partial charge < -0.3 is 10.1 Å². The van der Waals surface area contributed by atoms with Gasteiger partial charge in [0.2, 0.25) is 0 Å². The molecular formula is C21H22N2O2S2. The molecule has 3 rings (SSSR count). The molecule has 0 saturated carbocycles. The number of anilines is 1. The van der Waals surface area contributed by atoms with Crippen LogP contribution in [0.15, 0.2) is 54.6 Å². The van der Waals surface area contributed by atoms with Gasteiger partial charge in [0.1, 0.15) is 5.75 Å². The normalized spacial score (nSPS) is 10.6. The highest BCUT2D eigenvalue weighted by atomic mass is 32.1. The number of carbonyl (C=O) groups excluding carboxylic acids is 1. The summed E-state index contributed by atoms with van der Waals surface area (Å²) < 4.78 is 6.77. The van der Waals surface area contributed by atoms with Crippen molar-refractivity contribution in [1.29, 1.82) is 0 Å². The topological polar surface area (TPSA) is 50.4 Å². The number of fused-ring (bicyclic) bond motifs is 1. The molecule has 6 heteroatoms. The van der Waals surface area contributed by atoms with Gasteiger partial charge in [-0.15, -0.1) is 11.3 Å². The third-order valence-corrected chi connectivity index (χ3v) is 5.32. The van der Waals surface area contributed by atoms with Crippen LogP contribution < -0.4 is 15.4 Å². The molecule has 27 heavy (non-hydrogen) atoms. The lowest BCUT2D eigenvalue weighted by atomic mass is 10.2. The number of benzene rings is 2. The molecule has 0 aliphatic rings. The first-order valence-corrected chi connectivity index (χ1v) is 10.2. The Kier molecular flexibility index (Phi) is 6.79. The molecule has 0 aliphatic carbocycles. The number of carbonyl (C=O) groups is 1. The fraction of sp³-hybridized carbons (Fsp3) is 0.238. The molecule has 140 valence electrons. The molecule has 2 N–H and O–H groups in total. The van der Waals surface area contributed by atoms with Gasteiger partial charge >= 0.3 is 0 Å². The predicted molar refractivity (Wildman–Crippen MR) is 117 cm³/mol. The number of unbranched alkanes of at least 4 members (excludes halogenated alkanes) is 2. The summed E-state index contributed by atoms with van der Waals surface area (Å²) in [5, 5.41) is 7.09. The van der Waals surface area contributed by atoms with Crippen LogP contribution in [0.25, 0.3) is 10.1 Å². The summed E-state index contributed by atoms with van der Waals surface area (Å²) in [4.78, 5) is 13.0. The first-order valence-electron chi connectivity index (χ1n) is 8.99. The highest BCUT2D eigenvalue weighted by molar-refractivity contribution is 7.80. The lowest BCUT2D eigenvalue weighted by Crippen LogP contribution is -2.33. The second-order valence-electron chi connectivity index (χ2n) is 6.14. The number of hydrogen-bond donors (Lipinski definition) is 2. The Morgan fingerprint density at radius 1 is 1.11 bits per heavy atom. The fourth-order valence-corrected chi connectivity index (χ4v) is 3.77. The molecule has 0 fully saturated rings. The summed E-state index contributed by atoms with van der Waals surface area (Å²) in [5.41, 5.74) is 0.803. The minimum absolute atomic E-state index is 0.204. The van der Waals surface area contributed by atoms with Crippen molar-refractivity contribution in [1.82, 2.24) is 5.32 Å². The van der Waals surface area contributed by atoms with Crippen LogP contribution in [0.4, 0.5) is 5.69 Å². The zero-order valence-corrected chi connectivity index (χ0v) is 16.8. The third-order valence-electron chi connectivity index (χ3n) is 4.01. The summed E-state index contributed by atoms with van der Waals surface area (Å²) in [6.45, 7) is 2.90. The van der Waals surface area contributed by atoms with Crippen molar-refractivity contribution >= 4 is 50.3 Å². The van der Waals surface area contributed by atoms with Crippen molar-refractivity contribution in [3.05, 3.63) is 59.5 Å². The van der Waals surface area contributed by atoms with Crippen molar-refractivity contribution in [3.8, 4) is 5.75 Å². The molecule has 4 nitrogen and oxygen atoms in total. The maximum atomic E-state index is 12.4. The van der Waals surface area contributed by atoms with Crippen LogP contribution >= 0.6 is 23.6 Å². The summed E-state index contributed by atoms with van der Waals surface area (Å²) in [6, 6.07) is 17.3. The number of ether oxygens (including phenoxy) is 1. The van der Waals surface area contributed by atoms with E-state index >= 15 is 0 Å². The number of thiocarbonyl (C=S) groups is 1. The first-order chi connectivity index (χ1) is 13.2. The van der Waals surface area contributed by atoms with Crippen molar-refractivity contribution in [2.24, 2.45) is 0 Å². The van der Waals surface area contributed by atoms with Gasteiger partial charge in [-0.05, 0) is 60.4 Å². The number of thiophene rings is 1. The standard InChI is InChI=1S/C21H22N2O2S2/c1-2-3-6-13-25-17-11-9-16(10-12-17)22-21(26)23-20(24)19-14-15-7-4-5-8-18(15)27-19/h4-5,7-12,14H,2-3,6,13H2,1H3,(H2,22,23,24,26). The van der Waals surface area contributed by atoms with Gasteiger partial charge in [0.05, 0.1) is 11.5 Å². The van der Waals surface area contributed by atoms with E-state index in [0.717, 1.165) is 34.6 Å². The minimum Gasteiger partial charge on any atom is -0.494 e. The molecule has 2 aromatic carbocycles. The van der Waals surface area contributed by atoms with Crippen LogP contribution in [0, 0.1) is 0 Å². The maximum absolute atomic E-state index is 12.4. The molecule has 3 aromatic rings. The number of amides is 1. The zero-order chi connectivity index (χ0) is 19.1. The van der Waals surface area contributed by atoms with Gasteiger partial charge in [-0.25, -0.2) is 0 Å². The molecule has 1 heterocycles. The Labute approximate surface area is 168 Å². The van der Waals surface area contributed by atoms with E-state index in [0.29, 0.717) is 4.88 Å². The van der Waals surface area contributed by atoms with E-state index in [2.05, 4.69) is 17.6 Å². The number of nitrogens with one attached hydrogen (secondary N) is 2. The summed E-state index contributed by atoms with van der Waals surface area (Å²) in [6.07, 6.45) is 3.41. The van der Waals surface area contributed by atoms with Gasteiger partial charge in [0, 0.05) is 10.4 Å². The predicted octanol–water partition coefficient (Wildman–Crippen LogP) is 5.60. The van der Waals surface area contributed by atoms with E-state index in [9.17, 15) is 4.79 Å². The molecular weight excluding hydrogens is 376 g/mol. The van der Waals surface area contributed by atoms with E-state index in [1.807, 2.05) is 54.6 Å². The van der Waals surface area contributed by atoms with E-state index < -0.39 is 0 Å². The molecule has 0 atom stereocenters. The monoisotopic (exact) mass is 398 g/mol. The Hall–Kier alpha value is -2.44. The molecule has 0 unspecified atom stereocenters. The van der Waals surface area contributed by atoms with Crippen molar-refractivity contribution in [2.75, 3.05) is 11.9 Å². The molecule has 0 aliphatic heterocycles. The molecule has 0 saturated heterocycles. The van der Waals surface area contributed by atoms with Crippen molar-refractivity contribution < 1.29 is 9.53 Å². The summed E-state index contributed by atoms with van der Waals surface area (Å²) >= 11 is 6.71. The quantitative estimate of drug-likeness (QED) is 0.402. The van der Waals surface area contributed by atoms with Crippen LogP contribution in [-0.2, 0) is 0 Å². The van der Waals surface area contributed by atoms with E-state index in [1.165, 1.54) is 24.2 Å². The van der Waals surface area contributed by atoms with E-state index in [-0.39, 0.29) is 11.0 Å². The Balaban J connectivity index is 1.51. The molecule has 0 radical (unpaired) electrons. The SMILES string of the molecule is CCCCCOc1ccc(NC(=S)NC(=O)c2cc3ccccc3s2)cc1. The Morgan fingerprint density at radius 2 is 1.89 bits per heavy atom. The lowest BCUT2D eigenvalue weighted by Gasteiger charge is -2.10. The largest absolute Gasteiger partial charge is 0.494 e. The fourth-order valence-electron chi connectivity index (χ4n) is 2.60. The first kappa shape index (κ1) is 19.3. The van der Waals surface area contributed by atoms with Gasteiger partial charge in [-0.1, -0.05) is 38.0 Å². The third kappa shape index (κ3) is 5.52. The van der Waals surface area contributed by atoms with Crippen molar-refractivity contribution in [3.63, 3.8) is 0 Å². The summed E-state index contributed by atoms with van der Waals surface area (Å²) in [5.74, 6) is 0.626. The van der Waals surface area contributed by atoms with Gasteiger partial charge in [-0.2, -0.15) is 0 Å². The highest BCUT2D eigenvalue weighted by Gasteiger charge is 2.11. The Morgan fingerprint density at radius 3 is 2.63 bits per heavy atom. The second-order valence-corrected chi connectivity index (χ2v) is 7.63. The Bertz CT molecular complexity index is 886. The average molecular weight is 399 g/mol. The maximum Gasteiger partial charge on any atom is 0.267 e. The van der Waals surface area contributed by atoms with E-state index in [4.69, 9.17) is 17.0 Å². The van der Waals surface area contributed by atoms with Crippen LogP contribution in [0.3, 0.4) is 0 Å². The van der Waals surface area contributed by atoms with E-state index in [1.54, 1.807) is 0 Å². The van der Waals surface area contributed by atoms with Crippen LogP contribution in [0.5, 0.6) is 5.75 Å². The molecule has 1 amide bonds. The number of rotatable bonds is 7. The zero-order valence-electron chi connectivity index (χ0n) is 15.2.